The first kappa shape index (κ1) is 15.7. The van der Waals surface area contributed by atoms with Gasteiger partial charge in [0.25, 0.3) is 5.91 Å². The molecule has 2 aromatic carbocycles. The molecule has 3 aromatic rings. The molecule has 0 spiro atoms. The van der Waals surface area contributed by atoms with E-state index in [9.17, 15) is 14.0 Å². The Hall–Kier alpha value is -3.15. The van der Waals surface area contributed by atoms with Crippen LogP contribution < -0.4 is 10.6 Å². The molecule has 1 heterocycles. The molecule has 0 fully saturated rings. The number of nitrogens with one attached hydrogen (secondary N) is 3. The largest absolute Gasteiger partial charge is 0.358 e. The Morgan fingerprint density at radius 1 is 1.04 bits per heavy atom. The first-order valence-electron chi connectivity index (χ1n) is 7.41. The molecule has 3 rings (SSSR count). The molecule has 24 heavy (non-hydrogen) atoms. The quantitative estimate of drug-likeness (QED) is 0.685. The summed E-state index contributed by atoms with van der Waals surface area (Å²) >= 11 is 0. The van der Waals surface area contributed by atoms with Crippen LogP contribution in [0.25, 0.3) is 10.9 Å². The van der Waals surface area contributed by atoms with Crippen molar-refractivity contribution in [1.29, 1.82) is 0 Å². The lowest BCUT2D eigenvalue weighted by Crippen LogP contribution is -2.13. The van der Waals surface area contributed by atoms with Crippen molar-refractivity contribution < 1.29 is 14.0 Å². The standard InChI is InChI=1S/C18H16FN3O2/c1-10-16(17-14(19)7-4-8-15(17)20-10)18(24)22-13-6-3-5-12(9-13)21-11(2)23/h3-9,20H,1-2H3,(H,21,23)(H,22,24). The summed E-state index contributed by atoms with van der Waals surface area (Å²) in [5.41, 5.74) is 2.52. The second-order valence-electron chi connectivity index (χ2n) is 5.50. The number of aryl methyl sites for hydroxylation is 1. The van der Waals surface area contributed by atoms with E-state index in [0.29, 0.717) is 22.6 Å². The van der Waals surface area contributed by atoms with E-state index in [4.69, 9.17) is 0 Å². The van der Waals surface area contributed by atoms with Crippen molar-refractivity contribution in [2.75, 3.05) is 10.6 Å². The maximum Gasteiger partial charge on any atom is 0.258 e. The van der Waals surface area contributed by atoms with Gasteiger partial charge in [0.15, 0.2) is 0 Å². The molecule has 122 valence electrons. The predicted octanol–water partition coefficient (Wildman–Crippen LogP) is 3.83. The minimum atomic E-state index is -0.450. The van der Waals surface area contributed by atoms with Gasteiger partial charge in [-0.2, -0.15) is 0 Å². The van der Waals surface area contributed by atoms with Crippen molar-refractivity contribution in [2.45, 2.75) is 13.8 Å². The van der Waals surface area contributed by atoms with Crippen LogP contribution in [-0.2, 0) is 4.79 Å². The molecule has 0 saturated heterocycles. The van der Waals surface area contributed by atoms with E-state index in [0.717, 1.165) is 0 Å². The number of anilines is 2. The first-order chi connectivity index (χ1) is 11.5. The number of hydrogen-bond acceptors (Lipinski definition) is 2. The molecule has 0 saturated carbocycles. The molecule has 5 nitrogen and oxygen atoms in total. The zero-order chi connectivity index (χ0) is 17.3. The van der Waals surface area contributed by atoms with Crippen molar-refractivity contribution in [2.24, 2.45) is 0 Å². The number of aromatic amines is 1. The Balaban J connectivity index is 1.94. The molecule has 6 heteroatoms. The first-order valence-corrected chi connectivity index (χ1v) is 7.41. The molecule has 0 radical (unpaired) electrons. The fourth-order valence-electron chi connectivity index (χ4n) is 2.69. The maximum atomic E-state index is 14.1. The average molecular weight is 325 g/mol. The topological polar surface area (TPSA) is 74.0 Å². The molecule has 0 bridgehead atoms. The zero-order valence-electron chi connectivity index (χ0n) is 13.2. The second-order valence-corrected chi connectivity index (χ2v) is 5.50. The minimum absolute atomic E-state index is 0.201. The van der Waals surface area contributed by atoms with Crippen LogP contribution in [0.15, 0.2) is 42.5 Å². The molecule has 0 atom stereocenters. The summed E-state index contributed by atoms with van der Waals surface area (Å²) in [6, 6.07) is 11.4. The molecule has 0 aliphatic carbocycles. The zero-order valence-corrected chi connectivity index (χ0v) is 13.2. The number of carbonyl (C=O) groups is 2. The van der Waals surface area contributed by atoms with Gasteiger partial charge in [-0.3, -0.25) is 9.59 Å². The van der Waals surface area contributed by atoms with Crippen molar-refractivity contribution in [3.05, 3.63) is 59.5 Å². The number of fused-ring (bicyclic) bond motifs is 1. The van der Waals surface area contributed by atoms with Crippen LogP contribution in [0, 0.1) is 12.7 Å². The highest BCUT2D eigenvalue weighted by Gasteiger charge is 2.19. The fraction of sp³-hybridized carbons (Fsp3) is 0.111. The molecular formula is C18H16FN3O2. The number of halogens is 1. The summed E-state index contributed by atoms with van der Waals surface area (Å²) in [4.78, 5) is 26.7. The summed E-state index contributed by atoms with van der Waals surface area (Å²) in [5.74, 6) is -1.06. The van der Waals surface area contributed by atoms with Crippen LogP contribution >= 0.6 is 0 Å². The predicted molar refractivity (Wildman–Crippen MR) is 91.7 cm³/mol. The fourth-order valence-corrected chi connectivity index (χ4v) is 2.69. The van der Waals surface area contributed by atoms with Gasteiger partial charge in [-0.05, 0) is 37.3 Å². The third-order valence-corrected chi connectivity index (χ3v) is 3.63. The van der Waals surface area contributed by atoms with Crippen molar-refractivity contribution >= 4 is 34.1 Å². The van der Waals surface area contributed by atoms with E-state index in [2.05, 4.69) is 15.6 Å². The Labute approximate surface area is 137 Å². The van der Waals surface area contributed by atoms with E-state index < -0.39 is 11.7 Å². The highest BCUT2D eigenvalue weighted by molar-refractivity contribution is 6.14. The van der Waals surface area contributed by atoms with Crippen molar-refractivity contribution in [1.82, 2.24) is 4.98 Å². The number of rotatable bonds is 3. The van der Waals surface area contributed by atoms with Crippen molar-refractivity contribution in [3.8, 4) is 0 Å². The normalized spacial score (nSPS) is 10.6. The Morgan fingerprint density at radius 2 is 1.71 bits per heavy atom. The molecule has 0 aliphatic heterocycles. The summed E-state index contributed by atoms with van der Waals surface area (Å²) in [6.07, 6.45) is 0. The highest BCUT2D eigenvalue weighted by atomic mass is 19.1. The van der Waals surface area contributed by atoms with Crippen LogP contribution in [0.4, 0.5) is 15.8 Å². The number of hydrogen-bond donors (Lipinski definition) is 3. The highest BCUT2D eigenvalue weighted by Crippen LogP contribution is 2.26. The summed E-state index contributed by atoms with van der Waals surface area (Å²) in [5, 5.41) is 5.66. The molecular weight excluding hydrogens is 309 g/mol. The third-order valence-electron chi connectivity index (χ3n) is 3.63. The SMILES string of the molecule is CC(=O)Nc1cccc(NC(=O)c2c(C)[nH]c3cccc(F)c23)c1. The second kappa shape index (κ2) is 6.16. The van der Waals surface area contributed by atoms with E-state index in [1.807, 2.05) is 0 Å². The number of aromatic nitrogens is 1. The number of H-pyrrole nitrogens is 1. The number of amides is 2. The third kappa shape index (κ3) is 2.99. The van der Waals surface area contributed by atoms with Crippen LogP contribution in [0.2, 0.25) is 0 Å². The van der Waals surface area contributed by atoms with Crippen molar-refractivity contribution in [3.63, 3.8) is 0 Å². The van der Waals surface area contributed by atoms with E-state index in [1.165, 1.54) is 13.0 Å². The van der Waals surface area contributed by atoms with Crippen LogP contribution in [0.1, 0.15) is 23.0 Å². The van der Waals surface area contributed by atoms with Gasteiger partial charge in [0.2, 0.25) is 5.91 Å². The summed E-state index contributed by atoms with van der Waals surface area (Å²) < 4.78 is 14.1. The van der Waals surface area contributed by atoms with Gasteiger partial charge in [0, 0.05) is 34.9 Å². The number of benzene rings is 2. The van der Waals surface area contributed by atoms with Gasteiger partial charge in [0.1, 0.15) is 5.82 Å². The maximum absolute atomic E-state index is 14.1. The lowest BCUT2D eigenvalue weighted by Gasteiger charge is -2.08. The van der Waals surface area contributed by atoms with Gasteiger partial charge < -0.3 is 15.6 Å². The van der Waals surface area contributed by atoms with E-state index >= 15 is 0 Å². The Morgan fingerprint density at radius 3 is 2.42 bits per heavy atom. The van der Waals surface area contributed by atoms with Gasteiger partial charge in [-0.1, -0.05) is 12.1 Å². The Kier molecular flexibility index (Phi) is 4.04. The summed E-state index contributed by atoms with van der Waals surface area (Å²) in [7, 11) is 0. The van der Waals surface area contributed by atoms with Gasteiger partial charge in [-0.25, -0.2) is 4.39 Å². The van der Waals surface area contributed by atoms with Gasteiger partial charge >= 0.3 is 0 Å². The van der Waals surface area contributed by atoms with Crippen LogP contribution in [-0.4, -0.2) is 16.8 Å². The lowest BCUT2D eigenvalue weighted by molar-refractivity contribution is -0.114. The molecule has 2 amide bonds. The monoisotopic (exact) mass is 325 g/mol. The summed E-state index contributed by atoms with van der Waals surface area (Å²) in [6.45, 7) is 3.13. The molecule has 0 unspecified atom stereocenters. The lowest BCUT2D eigenvalue weighted by atomic mass is 10.1. The van der Waals surface area contributed by atoms with E-state index in [-0.39, 0.29) is 16.9 Å². The molecule has 3 N–H and O–H groups in total. The molecule has 1 aromatic heterocycles. The van der Waals surface area contributed by atoms with Crippen LogP contribution in [0.5, 0.6) is 0 Å². The average Bonchev–Trinajstić information content (AvgIpc) is 2.84. The minimum Gasteiger partial charge on any atom is -0.358 e. The van der Waals surface area contributed by atoms with E-state index in [1.54, 1.807) is 43.3 Å². The Bertz CT molecular complexity index is 947. The van der Waals surface area contributed by atoms with Gasteiger partial charge in [0.05, 0.1) is 5.56 Å². The number of carbonyl (C=O) groups excluding carboxylic acids is 2. The van der Waals surface area contributed by atoms with Gasteiger partial charge in [-0.15, -0.1) is 0 Å². The smallest absolute Gasteiger partial charge is 0.258 e. The molecule has 0 aliphatic rings. The van der Waals surface area contributed by atoms with Crippen LogP contribution in [0.3, 0.4) is 0 Å².